The zero-order chi connectivity index (χ0) is 19.7. The molecule has 0 saturated heterocycles. The SMILES string of the molecule is O=C(O)c1ccc(-n2nnnc2SCCN2C(=O)c3ccccc3C2=O)cc1. The number of tetrazole rings is 1. The number of imide groups is 1. The summed E-state index contributed by atoms with van der Waals surface area (Å²) in [6, 6.07) is 12.9. The Bertz CT molecular complexity index is 1040. The molecule has 4 rings (SSSR count). The summed E-state index contributed by atoms with van der Waals surface area (Å²) in [4.78, 5) is 36.9. The van der Waals surface area contributed by atoms with Crippen molar-refractivity contribution in [3.8, 4) is 5.69 Å². The first-order chi connectivity index (χ1) is 13.6. The standard InChI is InChI=1S/C18H13N5O4S/c24-15-13-3-1-2-4-14(13)16(25)22(15)9-10-28-18-19-20-21-23(18)12-7-5-11(6-8-12)17(26)27/h1-8H,9-10H2,(H,26,27). The van der Waals surface area contributed by atoms with Gasteiger partial charge in [-0.1, -0.05) is 23.9 Å². The number of aromatic nitrogens is 4. The number of thioether (sulfide) groups is 1. The van der Waals surface area contributed by atoms with Gasteiger partial charge >= 0.3 is 5.97 Å². The Hall–Kier alpha value is -3.53. The highest BCUT2D eigenvalue weighted by Crippen LogP contribution is 2.24. The Morgan fingerprint density at radius 1 is 1.00 bits per heavy atom. The van der Waals surface area contributed by atoms with Crippen molar-refractivity contribution in [1.82, 2.24) is 25.1 Å². The molecule has 1 aliphatic rings. The van der Waals surface area contributed by atoms with Crippen molar-refractivity contribution in [2.24, 2.45) is 0 Å². The maximum atomic E-state index is 12.4. The smallest absolute Gasteiger partial charge is 0.335 e. The fraction of sp³-hybridized carbons (Fsp3) is 0.111. The second kappa shape index (κ2) is 7.24. The molecule has 0 spiro atoms. The Balaban J connectivity index is 1.43. The van der Waals surface area contributed by atoms with Gasteiger partial charge in [0.25, 0.3) is 11.8 Å². The molecule has 2 amide bonds. The molecule has 1 N–H and O–H groups in total. The second-order valence-electron chi connectivity index (χ2n) is 5.88. The minimum atomic E-state index is -1.01. The first-order valence-corrected chi connectivity index (χ1v) is 9.25. The zero-order valence-corrected chi connectivity index (χ0v) is 15.2. The lowest BCUT2D eigenvalue weighted by molar-refractivity contribution is 0.0660. The van der Waals surface area contributed by atoms with Crippen molar-refractivity contribution in [3.63, 3.8) is 0 Å². The topological polar surface area (TPSA) is 118 Å². The van der Waals surface area contributed by atoms with Crippen LogP contribution >= 0.6 is 11.8 Å². The summed E-state index contributed by atoms with van der Waals surface area (Å²) in [6.45, 7) is 0.224. The number of benzene rings is 2. The third-order valence-corrected chi connectivity index (χ3v) is 5.12. The summed E-state index contributed by atoms with van der Waals surface area (Å²) in [5.41, 5.74) is 1.61. The number of rotatable bonds is 6. The molecule has 10 heteroatoms. The van der Waals surface area contributed by atoms with E-state index in [1.54, 1.807) is 36.4 Å². The summed E-state index contributed by atoms with van der Waals surface area (Å²) >= 11 is 1.29. The molecule has 0 atom stereocenters. The van der Waals surface area contributed by atoms with E-state index in [4.69, 9.17) is 5.11 Å². The number of fused-ring (bicyclic) bond motifs is 1. The number of aromatic carboxylic acids is 1. The van der Waals surface area contributed by atoms with E-state index in [1.165, 1.54) is 33.5 Å². The highest BCUT2D eigenvalue weighted by Gasteiger charge is 2.34. The first kappa shape index (κ1) is 17.9. The summed E-state index contributed by atoms with van der Waals surface area (Å²) in [7, 11) is 0. The van der Waals surface area contributed by atoms with E-state index in [0.717, 1.165) is 0 Å². The first-order valence-electron chi connectivity index (χ1n) is 8.26. The molecule has 0 saturated carbocycles. The maximum absolute atomic E-state index is 12.4. The number of carbonyl (C=O) groups is 3. The Labute approximate surface area is 163 Å². The average Bonchev–Trinajstić information content (AvgIpc) is 3.27. The molecule has 1 aliphatic heterocycles. The van der Waals surface area contributed by atoms with Crippen LogP contribution in [0.4, 0.5) is 0 Å². The second-order valence-corrected chi connectivity index (χ2v) is 6.94. The largest absolute Gasteiger partial charge is 0.478 e. The van der Waals surface area contributed by atoms with Crippen LogP contribution in [0, 0.1) is 0 Å². The molecular formula is C18H13N5O4S. The molecule has 0 bridgehead atoms. The highest BCUT2D eigenvalue weighted by atomic mass is 32.2. The molecule has 1 aromatic heterocycles. The van der Waals surface area contributed by atoms with Crippen LogP contribution in [-0.4, -0.2) is 60.3 Å². The Morgan fingerprint density at radius 2 is 1.64 bits per heavy atom. The van der Waals surface area contributed by atoms with Gasteiger partial charge in [0.15, 0.2) is 0 Å². The highest BCUT2D eigenvalue weighted by molar-refractivity contribution is 7.99. The monoisotopic (exact) mass is 395 g/mol. The van der Waals surface area contributed by atoms with Gasteiger partial charge in [-0.2, -0.15) is 4.68 Å². The van der Waals surface area contributed by atoms with Crippen LogP contribution in [0.25, 0.3) is 5.69 Å². The fourth-order valence-corrected chi connectivity index (χ4v) is 3.66. The minimum Gasteiger partial charge on any atom is -0.478 e. The van der Waals surface area contributed by atoms with Crippen molar-refractivity contribution in [1.29, 1.82) is 0 Å². The molecule has 9 nitrogen and oxygen atoms in total. The summed E-state index contributed by atoms with van der Waals surface area (Å²) < 4.78 is 1.47. The van der Waals surface area contributed by atoms with Gasteiger partial charge in [-0.3, -0.25) is 14.5 Å². The quantitative estimate of drug-likeness (QED) is 0.495. The predicted octanol–water partition coefficient (Wildman–Crippen LogP) is 1.75. The maximum Gasteiger partial charge on any atom is 0.335 e. The van der Waals surface area contributed by atoms with Gasteiger partial charge in [-0.25, -0.2) is 4.79 Å². The zero-order valence-electron chi connectivity index (χ0n) is 14.3. The van der Waals surface area contributed by atoms with Gasteiger partial charge in [0.2, 0.25) is 5.16 Å². The molecule has 28 heavy (non-hydrogen) atoms. The lowest BCUT2D eigenvalue weighted by Gasteiger charge is -2.13. The average molecular weight is 395 g/mol. The van der Waals surface area contributed by atoms with Gasteiger partial charge < -0.3 is 5.11 Å². The third-order valence-electron chi connectivity index (χ3n) is 4.22. The van der Waals surface area contributed by atoms with E-state index in [2.05, 4.69) is 15.5 Å². The summed E-state index contributed by atoms with van der Waals surface area (Å²) in [5.74, 6) is -1.20. The molecule has 0 fully saturated rings. The number of hydrogen-bond acceptors (Lipinski definition) is 7. The molecule has 2 aromatic carbocycles. The van der Waals surface area contributed by atoms with E-state index in [0.29, 0.717) is 27.7 Å². The number of carbonyl (C=O) groups excluding carboxylic acids is 2. The Morgan fingerprint density at radius 3 is 2.25 bits per heavy atom. The minimum absolute atomic E-state index is 0.164. The van der Waals surface area contributed by atoms with Gasteiger partial charge in [0.05, 0.1) is 22.4 Å². The molecule has 0 aliphatic carbocycles. The van der Waals surface area contributed by atoms with Gasteiger partial charge in [-0.05, 0) is 46.8 Å². The van der Waals surface area contributed by atoms with Gasteiger partial charge in [-0.15, -0.1) is 5.10 Å². The van der Waals surface area contributed by atoms with Crippen molar-refractivity contribution in [2.75, 3.05) is 12.3 Å². The number of amides is 2. The van der Waals surface area contributed by atoms with Gasteiger partial charge in [0.1, 0.15) is 0 Å². The van der Waals surface area contributed by atoms with Crippen molar-refractivity contribution in [3.05, 3.63) is 65.2 Å². The van der Waals surface area contributed by atoms with E-state index in [1.807, 2.05) is 0 Å². The lowest BCUT2D eigenvalue weighted by atomic mass is 10.1. The van der Waals surface area contributed by atoms with E-state index >= 15 is 0 Å². The number of carboxylic acids is 1. The fourth-order valence-electron chi connectivity index (χ4n) is 2.85. The van der Waals surface area contributed by atoms with Crippen LogP contribution in [0.5, 0.6) is 0 Å². The van der Waals surface area contributed by atoms with Crippen LogP contribution in [0.2, 0.25) is 0 Å². The summed E-state index contributed by atoms with van der Waals surface area (Å²) in [5, 5.41) is 21.0. The molecule has 3 aromatic rings. The molecule has 0 radical (unpaired) electrons. The van der Waals surface area contributed by atoms with Crippen molar-refractivity contribution < 1.29 is 19.5 Å². The van der Waals surface area contributed by atoms with Crippen molar-refractivity contribution >= 4 is 29.5 Å². The lowest BCUT2D eigenvalue weighted by Crippen LogP contribution is -2.31. The normalized spacial score (nSPS) is 13.1. The third kappa shape index (κ3) is 3.14. The van der Waals surface area contributed by atoms with Crippen LogP contribution in [0.1, 0.15) is 31.1 Å². The van der Waals surface area contributed by atoms with Crippen LogP contribution in [0.15, 0.2) is 53.7 Å². The summed E-state index contributed by atoms with van der Waals surface area (Å²) in [6.07, 6.45) is 0. The van der Waals surface area contributed by atoms with E-state index < -0.39 is 5.97 Å². The van der Waals surface area contributed by atoms with Crippen LogP contribution in [-0.2, 0) is 0 Å². The van der Waals surface area contributed by atoms with E-state index in [9.17, 15) is 14.4 Å². The van der Waals surface area contributed by atoms with Crippen molar-refractivity contribution in [2.45, 2.75) is 5.16 Å². The van der Waals surface area contributed by atoms with Gasteiger partial charge in [0, 0.05) is 12.3 Å². The molecular weight excluding hydrogens is 382 g/mol. The number of hydrogen-bond donors (Lipinski definition) is 1. The number of nitrogens with zero attached hydrogens (tertiary/aromatic N) is 5. The van der Waals surface area contributed by atoms with Crippen LogP contribution in [0.3, 0.4) is 0 Å². The van der Waals surface area contributed by atoms with Crippen LogP contribution < -0.4 is 0 Å². The molecule has 2 heterocycles. The molecule has 0 unspecified atom stereocenters. The van der Waals surface area contributed by atoms with E-state index in [-0.39, 0.29) is 23.9 Å². The molecule has 140 valence electrons. The Kier molecular flexibility index (Phi) is 4.62. The number of carboxylic acid groups (broad SMARTS) is 1. The predicted molar refractivity (Wildman–Crippen MR) is 98.6 cm³/mol.